The normalized spacial score (nSPS) is 14.2. The second-order valence-electron chi connectivity index (χ2n) is 6.61. The lowest BCUT2D eigenvalue weighted by Gasteiger charge is -2.11. The minimum Gasteiger partial charge on any atom is -0.264 e. The molecule has 0 amide bonds. The van der Waals surface area contributed by atoms with Crippen LogP contribution in [0.2, 0.25) is 0 Å². The third kappa shape index (κ3) is 2.45. The zero-order chi connectivity index (χ0) is 17.5. The van der Waals surface area contributed by atoms with Gasteiger partial charge < -0.3 is 0 Å². The van der Waals surface area contributed by atoms with Crippen molar-refractivity contribution in [3.63, 3.8) is 0 Å². The van der Waals surface area contributed by atoms with Gasteiger partial charge in [-0.15, -0.1) is 0 Å². The van der Waals surface area contributed by atoms with Crippen LogP contribution in [0.25, 0.3) is 32.7 Å². The number of aliphatic imine (C=N–C) groups is 1. The molecule has 1 aliphatic heterocycles. The number of hydroxylamine groups is 2. The third-order valence-corrected chi connectivity index (χ3v) is 5.00. The first-order valence-electron chi connectivity index (χ1n) is 8.81. The quantitative estimate of drug-likeness (QED) is 0.470. The van der Waals surface area contributed by atoms with Crippen LogP contribution in [0.4, 0.5) is 0 Å². The van der Waals surface area contributed by atoms with E-state index in [1.54, 1.807) is 0 Å². The number of hydrogen-bond acceptors (Lipinski definition) is 2. The van der Waals surface area contributed by atoms with E-state index >= 15 is 0 Å². The fraction of sp³-hybridized carbons (Fsp3) is 0.0870. The molecule has 26 heavy (non-hydrogen) atoms. The Morgan fingerprint density at radius 3 is 2.15 bits per heavy atom. The highest BCUT2D eigenvalue weighted by molar-refractivity contribution is 6.05. The largest absolute Gasteiger partial charge is 0.264 e. The Morgan fingerprint density at radius 1 is 0.731 bits per heavy atom. The smallest absolute Gasteiger partial charge is 0.158 e. The van der Waals surface area contributed by atoms with Crippen molar-refractivity contribution in [2.75, 3.05) is 13.1 Å². The highest BCUT2D eigenvalue weighted by Gasteiger charge is 2.17. The number of benzene rings is 4. The van der Waals surface area contributed by atoms with E-state index in [0.29, 0.717) is 18.9 Å². The SMILES string of the molecule is [O]N1CCN=C1c1ccc(-c2cccc3cc4ccccc4cc23)cc1. The molecule has 3 heteroatoms. The van der Waals surface area contributed by atoms with Gasteiger partial charge >= 0.3 is 0 Å². The first-order valence-corrected chi connectivity index (χ1v) is 8.81. The molecule has 0 atom stereocenters. The lowest BCUT2D eigenvalue weighted by molar-refractivity contribution is -0.0789. The monoisotopic (exact) mass is 337 g/mol. The molecule has 4 aromatic rings. The Kier molecular flexibility index (Phi) is 3.47. The molecule has 125 valence electrons. The lowest BCUT2D eigenvalue weighted by Crippen LogP contribution is -2.22. The second-order valence-corrected chi connectivity index (χ2v) is 6.61. The van der Waals surface area contributed by atoms with Crippen molar-refractivity contribution in [2.45, 2.75) is 0 Å². The highest BCUT2D eigenvalue weighted by Crippen LogP contribution is 2.32. The molecule has 3 nitrogen and oxygen atoms in total. The van der Waals surface area contributed by atoms with Crippen LogP contribution in [-0.4, -0.2) is 24.0 Å². The molecular weight excluding hydrogens is 320 g/mol. The number of hydrogen-bond donors (Lipinski definition) is 0. The lowest BCUT2D eigenvalue weighted by atomic mass is 9.95. The molecule has 1 aliphatic rings. The van der Waals surface area contributed by atoms with Gasteiger partial charge in [0.05, 0.1) is 13.1 Å². The van der Waals surface area contributed by atoms with E-state index in [0.717, 1.165) is 16.2 Å². The number of nitrogens with zero attached hydrogens (tertiary/aromatic N) is 2. The summed E-state index contributed by atoms with van der Waals surface area (Å²) in [5, 5.41) is 17.8. The summed E-state index contributed by atoms with van der Waals surface area (Å²) in [7, 11) is 0. The summed E-state index contributed by atoms with van der Waals surface area (Å²) in [6.45, 7) is 1.03. The Morgan fingerprint density at radius 2 is 1.42 bits per heavy atom. The van der Waals surface area contributed by atoms with Gasteiger partial charge in [-0.25, -0.2) is 5.06 Å². The van der Waals surface area contributed by atoms with Crippen LogP contribution < -0.4 is 0 Å². The summed E-state index contributed by atoms with van der Waals surface area (Å²) in [5.41, 5.74) is 3.23. The van der Waals surface area contributed by atoms with Gasteiger partial charge in [0, 0.05) is 5.56 Å². The topological polar surface area (TPSA) is 35.5 Å². The molecule has 4 aromatic carbocycles. The summed E-state index contributed by atoms with van der Waals surface area (Å²) in [6.07, 6.45) is 0. The molecule has 0 aliphatic carbocycles. The summed E-state index contributed by atoms with van der Waals surface area (Å²) < 4.78 is 0. The molecule has 0 spiro atoms. The van der Waals surface area contributed by atoms with E-state index in [9.17, 15) is 5.21 Å². The first-order chi connectivity index (χ1) is 12.8. The van der Waals surface area contributed by atoms with Crippen molar-refractivity contribution in [1.29, 1.82) is 0 Å². The number of fused-ring (bicyclic) bond motifs is 2. The first kappa shape index (κ1) is 15.1. The van der Waals surface area contributed by atoms with Gasteiger partial charge in [0.1, 0.15) is 0 Å². The van der Waals surface area contributed by atoms with Crippen LogP contribution in [-0.2, 0) is 5.21 Å². The van der Waals surface area contributed by atoms with Crippen LogP contribution in [0.3, 0.4) is 0 Å². The maximum Gasteiger partial charge on any atom is 0.158 e. The maximum atomic E-state index is 11.8. The predicted molar refractivity (Wildman–Crippen MR) is 106 cm³/mol. The molecule has 0 saturated carbocycles. The van der Waals surface area contributed by atoms with Gasteiger partial charge in [-0.05, 0) is 44.8 Å². The van der Waals surface area contributed by atoms with Crippen LogP contribution in [0.1, 0.15) is 5.56 Å². The average molecular weight is 337 g/mol. The van der Waals surface area contributed by atoms with E-state index in [2.05, 4.69) is 71.7 Å². The fourth-order valence-corrected chi connectivity index (χ4v) is 3.68. The molecule has 0 fully saturated rings. The van der Waals surface area contributed by atoms with Gasteiger partial charge in [-0.1, -0.05) is 71.9 Å². The summed E-state index contributed by atoms with van der Waals surface area (Å²) in [5.74, 6) is 0.542. The molecule has 1 heterocycles. The van der Waals surface area contributed by atoms with Gasteiger partial charge in [0.15, 0.2) is 5.84 Å². The van der Waals surface area contributed by atoms with Crippen LogP contribution >= 0.6 is 0 Å². The van der Waals surface area contributed by atoms with Crippen molar-refractivity contribution in [3.8, 4) is 11.1 Å². The molecule has 5 rings (SSSR count). The van der Waals surface area contributed by atoms with Gasteiger partial charge in [-0.2, -0.15) is 0 Å². The van der Waals surface area contributed by atoms with Gasteiger partial charge in [-0.3, -0.25) is 4.99 Å². The minimum absolute atomic E-state index is 0.452. The van der Waals surface area contributed by atoms with Crippen molar-refractivity contribution < 1.29 is 5.21 Å². The van der Waals surface area contributed by atoms with E-state index in [4.69, 9.17) is 0 Å². The Labute approximate surface area is 151 Å². The molecule has 1 radical (unpaired) electrons. The molecular formula is C23H17N2O. The van der Waals surface area contributed by atoms with E-state index in [1.807, 2.05) is 12.1 Å². The van der Waals surface area contributed by atoms with Crippen LogP contribution in [0, 0.1) is 0 Å². The number of rotatable bonds is 2. The van der Waals surface area contributed by atoms with E-state index in [1.165, 1.54) is 27.1 Å². The summed E-state index contributed by atoms with van der Waals surface area (Å²) >= 11 is 0. The number of amidine groups is 1. The fourth-order valence-electron chi connectivity index (χ4n) is 3.68. The van der Waals surface area contributed by atoms with Crippen molar-refractivity contribution >= 4 is 27.4 Å². The predicted octanol–water partition coefficient (Wildman–Crippen LogP) is 5.07. The van der Waals surface area contributed by atoms with Crippen molar-refractivity contribution in [1.82, 2.24) is 5.06 Å². The minimum atomic E-state index is 0.452. The van der Waals surface area contributed by atoms with Crippen molar-refractivity contribution in [3.05, 3.63) is 84.4 Å². The van der Waals surface area contributed by atoms with Crippen LogP contribution in [0.15, 0.2) is 83.9 Å². The second kappa shape index (κ2) is 5.97. The van der Waals surface area contributed by atoms with Crippen molar-refractivity contribution in [2.24, 2.45) is 4.99 Å². The molecule has 0 N–H and O–H groups in total. The summed E-state index contributed by atoms with van der Waals surface area (Å²) in [4.78, 5) is 4.30. The standard InChI is InChI=1S/C23H17N2O/c26-25-13-12-24-23(25)17-10-8-16(9-11-17)21-7-3-6-20-14-18-4-1-2-5-19(18)15-22(20)21/h1-11,14-15H,12-13H2. The third-order valence-electron chi connectivity index (χ3n) is 5.00. The van der Waals surface area contributed by atoms with E-state index in [-0.39, 0.29) is 0 Å². The Hall–Kier alpha value is -3.17. The average Bonchev–Trinajstić information content (AvgIpc) is 3.12. The summed E-state index contributed by atoms with van der Waals surface area (Å²) in [6, 6.07) is 27.5. The maximum absolute atomic E-state index is 11.8. The molecule has 0 bridgehead atoms. The zero-order valence-corrected chi connectivity index (χ0v) is 14.2. The Balaban J connectivity index is 1.63. The highest BCUT2D eigenvalue weighted by atomic mass is 16.5. The molecule has 0 saturated heterocycles. The van der Waals surface area contributed by atoms with Gasteiger partial charge in [0.25, 0.3) is 0 Å². The molecule has 0 unspecified atom stereocenters. The van der Waals surface area contributed by atoms with Gasteiger partial charge in [0.2, 0.25) is 0 Å². The zero-order valence-electron chi connectivity index (χ0n) is 14.2. The van der Waals surface area contributed by atoms with Crippen LogP contribution in [0.5, 0.6) is 0 Å². The molecule has 0 aromatic heterocycles. The Bertz CT molecular complexity index is 1150. The van der Waals surface area contributed by atoms with E-state index < -0.39 is 0 Å².